The number of pyridine rings is 1. The van der Waals surface area contributed by atoms with Crippen LogP contribution < -0.4 is 0 Å². The van der Waals surface area contributed by atoms with Gasteiger partial charge in [0.05, 0.1) is 17.6 Å². The molecule has 1 aromatic carbocycles. The Hall–Kier alpha value is -2.20. The van der Waals surface area contributed by atoms with Gasteiger partial charge in [-0.05, 0) is 75.4 Å². The van der Waals surface area contributed by atoms with Crippen LogP contribution in [0, 0.1) is 0 Å². The summed E-state index contributed by atoms with van der Waals surface area (Å²) in [4.78, 5) is 15.7. The molecule has 26 heavy (non-hydrogen) atoms. The van der Waals surface area contributed by atoms with Gasteiger partial charge < -0.3 is 4.98 Å². The van der Waals surface area contributed by atoms with Gasteiger partial charge in [0.25, 0.3) is 0 Å². The van der Waals surface area contributed by atoms with E-state index in [4.69, 9.17) is 9.97 Å². The Morgan fingerprint density at radius 1 is 0.962 bits per heavy atom. The number of aryl methyl sites for hydroxylation is 2. The number of aromatic nitrogens is 3. The molecule has 3 aromatic rings. The van der Waals surface area contributed by atoms with Crippen molar-refractivity contribution in [2.45, 2.75) is 51.0 Å². The van der Waals surface area contributed by atoms with Crippen LogP contribution in [0.4, 0.5) is 0 Å². The number of hydrogen-bond acceptors (Lipinski definition) is 3. The van der Waals surface area contributed by atoms with E-state index in [1.807, 2.05) is 6.07 Å². The van der Waals surface area contributed by atoms with E-state index in [1.165, 1.54) is 55.5 Å². The van der Waals surface area contributed by atoms with Crippen molar-refractivity contribution in [2.75, 3.05) is 13.1 Å². The van der Waals surface area contributed by atoms with Crippen LogP contribution in [0.25, 0.3) is 11.0 Å². The molecule has 3 heterocycles. The number of nitrogens with zero attached hydrogens (tertiary/aromatic N) is 3. The van der Waals surface area contributed by atoms with Gasteiger partial charge in [0.1, 0.15) is 5.82 Å². The molecule has 4 nitrogen and oxygen atoms in total. The summed E-state index contributed by atoms with van der Waals surface area (Å²) in [7, 11) is 0. The summed E-state index contributed by atoms with van der Waals surface area (Å²) < 4.78 is 0. The molecule has 0 spiro atoms. The Kier molecular flexibility index (Phi) is 4.21. The maximum atomic E-state index is 5.04. The molecule has 0 amide bonds. The van der Waals surface area contributed by atoms with Crippen molar-refractivity contribution >= 4 is 11.0 Å². The number of aromatic amines is 1. The van der Waals surface area contributed by atoms with Crippen LogP contribution >= 0.6 is 0 Å². The van der Waals surface area contributed by atoms with Crippen LogP contribution in [-0.2, 0) is 19.4 Å². The fourth-order valence-electron chi connectivity index (χ4n) is 4.51. The lowest BCUT2D eigenvalue weighted by Crippen LogP contribution is -2.33. The molecule has 0 bridgehead atoms. The Labute approximate surface area is 154 Å². The molecule has 5 rings (SSSR count). The lowest BCUT2D eigenvalue weighted by molar-refractivity contribution is 0.199. The minimum Gasteiger partial charge on any atom is -0.341 e. The van der Waals surface area contributed by atoms with E-state index >= 15 is 0 Å². The quantitative estimate of drug-likeness (QED) is 0.772. The van der Waals surface area contributed by atoms with E-state index in [-0.39, 0.29) is 0 Å². The summed E-state index contributed by atoms with van der Waals surface area (Å²) >= 11 is 0. The first-order valence-corrected chi connectivity index (χ1v) is 10.00. The van der Waals surface area contributed by atoms with Gasteiger partial charge in [0, 0.05) is 17.3 Å². The van der Waals surface area contributed by atoms with E-state index in [1.54, 1.807) is 0 Å². The van der Waals surface area contributed by atoms with Gasteiger partial charge in [-0.15, -0.1) is 0 Å². The molecule has 1 aliphatic heterocycles. The molecule has 4 heteroatoms. The maximum Gasteiger partial charge on any atom is 0.121 e. The number of para-hydroxylation sites is 2. The average molecular weight is 346 g/mol. The second-order valence-electron chi connectivity index (χ2n) is 7.80. The molecule has 2 aromatic heterocycles. The number of rotatable bonds is 3. The molecule has 134 valence electrons. The van der Waals surface area contributed by atoms with Crippen LogP contribution in [0.2, 0.25) is 0 Å². The third kappa shape index (κ3) is 3.14. The monoisotopic (exact) mass is 346 g/mol. The third-order valence-corrected chi connectivity index (χ3v) is 6.02. The SMILES string of the molecule is c1ccc2[nH]c(CN3CCC(c4ccc5c(n4)CCCC5)CC3)nc2c1. The van der Waals surface area contributed by atoms with Crippen molar-refractivity contribution in [1.29, 1.82) is 0 Å². The molecule has 1 fully saturated rings. The Morgan fingerprint density at radius 3 is 2.69 bits per heavy atom. The molecular weight excluding hydrogens is 320 g/mol. The van der Waals surface area contributed by atoms with Gasteiger partial charge in [0.15, 0.2) is 0 Å². The van der Waals surface area contributed by atoms with Crippen LogP contribution in [0.1, 0.15) is 54.4 Å². The molecule has 0 unspecified atom stereocenters. The maximum absolute atomic E-state index is 5.04. The highest BCUT2D eigenvalue weighted by molar-refractivity contribution is 5.74. The van der Waals surface area contributed by atoms with Crippen LogP contribution in [-0.4, -0.2) is 32.9 Å². The smallest absolute Gasteiger partial charge is 0.121 e. The number of benzene rings is 1. The van der Waals surface area contributed by atoms with E-state index in [9.17, 15) is 0 Å². The molecule has 2 aliphatic rings. The molecule has 0 atom stereocenters. The van der Waals surface area contributed by atoms with Crippen molar-refractivity contribution in [3.05, 3.63) is 59.2 Å². The highest BCUT2D eigenvalue weighted by Crippen LogP contribution is 2.29. The minimum atomic E-state index is 0.620. The van der Waals surface area contributed by atoms with E-state index < -0.39 is 0 Å². The first kappa shape index (κ1) is 16.0. The molecule has 0 radical (unpaired) electrons. The standard InChI is InChI=1S/C22H26N4/c1-2-6-18-16(5-1)9-10-19(23-18)17-11-13-26(14-12-17)15-22-24-20-7-3-4-8-21(20)25-22/h3-4,7-10,17H,1-2,5-6,11-15H2,(H,24,25). The minimum absolute atomic E-state index is 0.620. The number of hydrogen-bond donors (Lipinski definition) is 1. The predicted octanol–water partition coefficient (Wildman–Crippen LogP) is 4.22. The largest absolute Gasteiger partial charge is 0.341 e. The molecular formula is C22H26N4. The third-order valence-electron chi connectivity index (χ3n) is 6.02. The first-order valence-electron chi connectivity index (χ1n) is 10.00. The number of fused-ring (bicyclic) bond motifs is 2. The van der Waals surface area contributed by atoms with Crippen LogP contribution in [0.15, 0.2) is 36.4 Å². The van der Waals surface area contributed by atoms with Gasteiger partial charge in [-0.2, -0.15) is 0 Å². The predicted molar refractivity (Wildman–Crippen MR) is 104 cm³/mol. The van der Waals surface area contributed by atoms with Gasteiger partial charge in [-0.3, -0.25) is 9.88 Å². The summed E-state index contributed by atoms with van der Waals surface area (Å²) in [6.45, 7) is 3.17. The molecule has 1 aliphatic carbocycles. The fraction of sp³-hybridized carbons (Fsp3) is 0.455. The fourth-order valence-corrected chi connectivity index (χ4v) is 4.51. The number of piperidine rings is 1. The first-order chi connectivity index (χ1) is 12.8. The van der Waals surface area contributed by atoms with E-state index in [2.05, 4.69) is 40.2 Å². The average Bonchev–Trinajstić information content (AvgIpc) is 3.10. The van der Waals surface area contributed by atoms with Crippen molar-refractivity contribution < 1.29 is 0 Å². The van der Waals surface area contributed by atoms with Gasteiger partial charge >= 0.3 is 0 Å². The second kappa shape index (κ2) is 6.84. The highest BCUT2D eigenvalue weighted by Gasteiger charge is 2.23. The highest BCUT2D eigenvalue weighted by atomic mass is 15.2. The van der Waals surface area contributed by atoms with Crippen molar-refractivity contribution in [2.24, 2.45) is 0 Å². The number of likely N-dealkylation sites (tertiary alicyclic amines) is 1. The molecule has 1 saturated heterocycles. The summed E-state index contributed by atoms with van der Waals surface area (Å²) in [6, 6.07) is 12.9. The Morgan fingerprint density at radius 2 is 1.81 bits per heavy atom. The van der Waals surface area contributed by atoms with Crippen molar-refractivity contribution in [3.8, 4) is 0 Å². The normalized spacial score (nSPS) is 18.9. The zero-order valence-electron chi connectivity index (χ0n) is 15.2. The zero-order valence-corrected chi connectivity index (χ0v) is 15.2. The lowest BCUT2D eigenvalue weighted by Gasteiger charge is -2.31. The Bertz CT molecular complexity index is 872. The zero-order chi connectivity index (χ0) is 17.3. The van der Waals surface area contributed by atoms with Crippen LogP contribution in [0.5, 0.6) is 0 Å². The number of imidazole rings is 1. The summed E-state index contributed by atoms with van der Waals surface area (Å²) in [5, 5.41) is 0. The van der Waals surface area contributed by atoms with Crippen molar-refractivity contribution in [1.82, 2.24) is 19.9 Å². The van der Waals surface area contributed by atoms with E-state index in [0.717, 1.165) is 36.5 Å². The van der Waals surface area contributed by atoms with E-state index in [0.29, 0.717) is 5.92 Å². The summed E-state index contributed by atoms with van der Waals surface area (Å²) in [6.07, 6.45) is 7.43. The van der Waals surface area contributed by atoms with Gasteiger partial charge in [0.2, 0.25) is 0 Å². The summed E-state index contributed by atoms with van der Waals surface area (Å²) in [5.41, 5.74) is 6.39. The number of H-pyrrole nitrogens is 1. The van der Waals surface area contributed by atoms with Gasteiger partial charge in [-0.1, -0.05) is 18.2 Å². The van der Waals surface area contributed by atoms with Crippen molar-refractivity contribution in [3.63, 3.8) is 0 Å². The Balaban J connectivity index is 1.23. The topological polar surface area (TPSA) is 44.8 Å². The molecule has 1 N–H and O–H groups in total. The summed E-state index contributed by atoms with van der Waals surface area (Å²) in [5.74, 6) is 1.70. The van der Waals surface area contributed by atoms with Crippen LogP contribution in [0.3, 0.4) is 0 Å². The van der Waals surface area contributed by atoms with Gasteiger partial charge in [-0.25, -0.2) is 4.98 Å². The lowest BCUT2D eigenvalue weighted by atomic mass is 9.90. The second-order valence-corrected chi connectivity index (χ2v) is 7.80. The molecule has 0 saturated carbocycles. The number of nitrogens with one attached hydrogen (secondary N) is 1.